The van der Waals surface area contributed by atoms with Gasteiger partial charge in [-0.2, -0.15) is 13.1 Å². The van der Waals surface area contributed by atoms with Crippen molar-refractivity contribution in [3.63, 3.8) is 0 Å². The molecule has 0 radical (unpaired) electrons. The molecular weight excluding hydrogens is 336 g/mol. The van der Waals surface area contributed by atoms with E-state index in [1.165, 1.54) is 0 Å². The van der Waals surface area contributed by atoms with E-state index in [4.69, 9.17) is 0 Å². The van der Waals surface area contributed by atoms with Crippen LogP contribution in [0.4, 0.5) is 5.69 Å². The Morgan fingerprint density at radius 2 is 1.60 bits per heavy atom. The highest BCUT2D eigenvalue weighted by atomic mass is 32.2. The number of benzene rings is 2. The monoisotopic (exact) mass is 360 g/mol. The lowest BCUT2D eigenvalue weighted by Gasteiger charge is -2.19. The molecule has 0 amide bonds. The molecule has 0 atom stereocenters. The number of hydrogen-bond acceptors (Lipinski definition) is 3. The Morgan fingerprint density at radius 1 is 1.00 bits per heavy atom. The Balaban J connectivity index is 2.34. The summed E-state index contributed by atoms with van der Waals surface area (Å²) in [4.78, 5) is 12.8. The van der Waals surface area contributed by atoms with Crippen LogP contribution < -0.4 is 9.44 Å². The molecule has 0 saturated heterocycles. The van der Waals surface area contributed by atoms with Crippen LogP contribution in [0.1, 0.15) is 49.2 Å². The van der Waals surface area contributed by atoms with E-state index in [0.717, 1.165) is 5.56 Å². The van der Waals surface area contributed by atoms with Crippen molar-refractivity contribution in [3.8, 4) is 0 Å². The molecule has 0 bridgehead atoms. The summed E-state index contributed by atoms with van der Waals surface area (Å²) < 4.78 is 28.6. The van der Waals surface area contributed by atoms with Gasteiger partial charge in [-0.3, -0.25) is 9.52 Å². The lowest BCUT2D eigenvalue weighted by molar-refractivity contribution is 0.103. The summed E-state index contributed by atoms with van der Waals surface area (Å²) in [6, 6.07) is 14.0. The smallest absolute Gasteiger partial charge is 0.289 e. The topological polar surface area (TPSA) is 75.3 Å². The number of hydrogen-bond donors (Lipinski definition) is 2. The summed E-state index contributed by atoms with van der Waals surface area (Å²) >= 11 is 0. The normalized spacial score (nSPS) is 12.0. The number of para-hydroxylation sites is 1. The van der Waals surface area contributed by atoms with Gasteiger partial charge in [0.2, 0.25) is 0 Å². The largest absolute Gasteiger partial charge is 0.299 e. The number of nitrogens with one attached hydrogen (secondary N) is 2. The Labute approximate surface area is 149 Å². The SMILES string of the molecule is CCNS(=O)(=O)Nc1ccccc1C(=O)c1ccc(C(C)(C)C)cc1. The summed E-state index contributed by atoms with van der Waals surface area (Å²) in [5.41, 5.74) is 2.22. The van der Waals surface area contributed by atoms with Gasteiger partial charge < -0.3 is 0 Å². The second kappa shape index (κ2) is 7.37. The van der Waals surface area contributed by atoms with Crippen LogP contribution in [0, 0.1) is 0 Å². The van der Waals surface area contributed by atoms with Gasteiger partial charge in [-0.1, -0.05) is 64.1 Å². The molecule has 0 spiro atoms. The highest BCUT2D eigenvalue weighted by Gasteiger charge is 2.18. The van der Waals surface area contributed by atoms with Gasteiger partial charge in [0.05, 0.1) is 5.69 Å². The third kappa shape index (κ3) is 4.90. The van der Waals surface area contributed by atoms with E-state index in [-0.39, 0.29) is 23.4 Å². The first kappa shape index (κ1) is 19.1. The predicted octanol–water partition coefficient (Wildman–Crippen LogP) is 3.48. The zero-order chi connectivity index (χ0) is 18.7. The summed E-state index contributed by atoms with van der Waals surface area (Å²) in [6.45, 7) is 8.27. The van der Waals surface area contributed by atoms with Gasteiger partial charge >= 0.3 is 0 Å². The molecule has 0 aliphatic rings. The fourth-order valence-corrected chi connectivity index (χ4v) is 3.34. The van der Waals surface area contributed by atoms with Crippen LogP contribution in [0.2, 0.25) is 0 Å². The lowest BCUT2D eigenvalue weighted by atomic mass is 9.86. The standard InChI is InChI=1S/C19H24N2O3S/c1-5-20-25(23,24)21-17-9-7-6-8-16(17)18(22)14-10-12-15(13-11-14)19(2,3)4/h6-13,20-21H,5H2,1-4H3. The van der Waals surface area contributed by atoms with Crippen LogP contribution in [-0.2, 0) is 15.6 Å². The molecule has 0 heterocycles. The van der Waals surface area contributed by atoms with E-state index >= 15 is 0 Å². The first-order valence-electron chi connectivity index (χ1n) is 8.16. The van der Waals surface area contributed by atoms with E-state index in [9.17, 15) is 13.2 Å². The molecule has 0 unspecified atom stereocenters. The van der Waals surface area contributed by atoms with Crippen LogP contribution in [0.15, 0.2) is 48.5 Å². The number of carbonyl (C=O) groups excluding carboxylic acids is 1. The molecule has 0 aliphatic heterocycles. The molecule has 0 aromatic heterocycles. The summed E-state index contributed by atoms with van der Waals surface area (Å²) in [7, 11) is -3.70. The molecule has 2 aromatic rings. The van der Waals surface area contributed by atoms with E-state index < -0.39 is 10.2 Å². The van der Waals surface area contributed by atoms with Crippen LogP contribution in [0.3, 0.4) is 0 Å². The van der Waals surface area contributed by atoms with Crippen molar-refractivity contribution in [2.24, 2.45) is 0 Å². The number of carbonyl (C=O) groups is 1. The minimum Gasteiger partial charge on any atom is -0.289 e. The maximum Gasteiger partial charge on any atom is 0.299 e. The van der Waals surface area contributed by atoms with Crippen molar-refractivity contribution in [2.75, 3.05) is 11.3 Å². The fourth-order valence-electron chi connectivity index (χ4n) is 2.42. The van der Waals surface area contributed by atoms with Crippen LogP contribution in [0.5, 0.6) is 0 Å². The zero-order valence-corrected chi connectivity index (χ0v) is 15.8. The Hall–Kier alpha value is -2.18. The number of anilines is 1. The second-order valence-corrected chi connectivity index (χ2v) is 8.31. The molecule has 0 saturated carbocycles. The third-order valence-electron chi connectivity index (χ3n) is 3.76. The summed E-state index contributed by atoms with van der Waals surface area (Å²) in [5, 5.41) is 0. The first-order valence-corrected chi connectivity index (χ1v) is 9.64. The van der Waals surface area contributed by atoms with Gasteiger partial charge in [0, 0.05) is 17.7 Å². The number of rotatable bonds is 6. The van der Waals surface area contributed by atoms with Gasteiger partial charge in [-0.25, -0.2) is 0 Å². The maximum atomic E-state index is 12.8. The van der Waals surface area contributed by atoms with Gasteiger partial charge in [0.15, 0.2) is 5.78 Å². The summed E-state index contributed by atoms with van der Waals surface area (Å²) in [5.74, 6) is -0.227. The van der Waals surface area contributed by atoms with Gasteiger partial charge in [-0.15, -0.1) is 0 Å². The van der Waals surface area contributed by atoms with Crippen molar-refractivity contribution in [2.45, 2.75) is 33.1 Å². The third-order valence-corrected chi connectivity index (χ3v) is 4.92. The quantitative estimate of drug-likeness (QED) is 0.775. The van der Waals surface area contributed by atoms with E-state index in [0.29, 0.717) is 11.1 Å². The van der Waals surface area contributed by atoms with Crippen molar-refractivity contribution < 1.29 is 13.2 Å². The van der Waals surface area contributed by atoms with Crippen molar-refractivity contribution in [3.05, 3.63) is 65.2 Å². The Bertz CT molecular complexity index is 851. The lowest BCUT2D eigenvalue weighted by Crippen LogP contribution is -2.30. The van der Waals surface area contributed by atoms with Crippen molar-refractivity contribution in [1.29, 1.82) is 0 Å². The molecule has 2 rings (SSSR count). The van der Waals surface area contributed by atoms with Gasteiger partial charge in [0.25, 0.3) is 10.2 Å². The zero-order valence-electron chi connectivity index (χ0n) is 15.0. The molecule has 2 aromatic carbocycles. The average molecular weight is 360 g/mol. The van der Waals surface area contributed by atoms with E-state index in [2.05, 4.69) is 30.2 Å². The summed E-state index contributed by atoms with van der Waals surface area (Å²) in [6.07, 6.45) is 0. The molecule has 0 aliphatic carbocycles. The van der Waals surface area contributed by atoms with E-state index in [1.54, 1.807) is 43.3 Å². The molecule has 25 heavy (non-hydrogen) atoms. The molecule has 2 N–H and O–H groups in total. The highest BCUT2D eigenvalue weighted by Crippen LogP contribution is 2.24. The minimum atomic E-state index is -3.70. The highest BCUT2D eigenvalue weighted by molar-refractivity contribution is 7.90. The molecule has 134 valence electrons. The Morgan fingerprint density at radius 3 is 2.16 bits per heavy atom. The van der Waals surface area contributed by atoms with Crippen molar-refractivity contribution in [1.82, 2.24) is 4.72 Å². The Kier molecular flexibility index (Phi) is 5.65. The number of ketones is 1. The molecule has 6 heteroatoms. The van der Waals surface area contributed by atoms with Gasteiger partial charge in [0.1, 0.15) is 0 Å². The van der Waals surface area contributed by atoms with Crippen LogP contribution >= 0.6 is 0 Å². The maximum absolute atomic E-state index is 12.8. The van der Waals surface area contributed by atoms with Crippen LogP contribution in [0.25, 0.3) is 0 Å². The first-order chi connectivity index (χ1) is 11.6. The van der Waals surface area contributed by atoms with Gasteiger partial charge in [-0.05, 0) is 23.1 Å². The molecule has 0 fully saturated rings. The van der Waals surface area contributed by atoms with E-state index in [1.807, 2.05) is 12.1 Å². The minimum absolute atomic E-state index is 0.000933. The predicted molar refractivity (Wildman–Crippen MR) is 101 cm³/mol. The average Bonchev–Trinajstić information content (AvgIpc) is 2.53. The second-order valence-electron chi connectivity index (χ2n) is 6.81. The fraction of sp³-hybridized carbons (Fsp3) is 0.316. The molecular formula is C19H24N2O3S. The molecule has 5 nitrogen and oxygen atoms in total. The van der Waals surface area contributed by atoms with Crippen molar-refractivity contribution >= 4 is 21.7 Å². The van der Waals surface area contributed by atoms with Crippen LogP contribution in [-0.4, -0.2) is 20.7 Å².